The van der Waals surface area contributed by atoms with E-state index in [4.69, 9.17) is 0 Å². The maximum atomic E-state index is 2.83. The zero-order chi connectivity index (χ0) is 63.3. The van der Waals surface area contributed by atoms with Gasteiger partial charge in [0, 0.05) is 53.9 Å². The first-order chi connectivity index (χ1) is 42.2. The Kier molecular flexibility index (Phi) is 12.0. The highest BCUT2D eigenvalue weighted by atomic mass is 32.1. The van der Waals surface area contributed by atoms with Crippen LogP contribution >= 0.6 is 11.3 Å². The highest BCUT2D eigenvalue weighted by Gasteiger charge is 2.55. The van der Waals surface area contributed by atoms with Gasteiger partial charge in [-0.25, -0.2) is 0 Å². The van der Waals surface area contributed by atoms with Gasteiger partial charge >= 0.3 is 0 Å². The lowest BCUT2D eigenvalue weighted by molar-refractivity contribution is 0.332. The molecule has 2 atom stereocenters. The quantitative estimate of drug-likeness (QED) is 0.163. The number of nitrogens with zero attached hydrogens (tertiary/aromatic N) is 3. The zero-order valence-electron chi connectivity index (χ0n) is 57.6. The van der Waals surface area contributed by atoms with Crippen molar-refractivity contribution in [1.29, 1.82) is 0 Å². The molecule has 2 aromatic heterocycles. The van der Waals surface area contributed by atoms with E-state index in [-0.39, 0.29) is 55.4 Å². The van der Waals surface area contributed by atoms with Gasteiger partial charge in [-0.05, 0) is 227 Å². The van der Waals surface area contributed by atoms with Crippen molar-refractivity contribution < 1.29 is 0 Å². The van der Waals surface area contributed by atoms with Crippen molar-refractivity contribution in [3.05, 3.63) is 190 Å². The predicted octanol–water partition coefficient (Wildman–Crippen LogP) is 22.1. The Morgan fingerprint density at radius 1 is 0.400 bits per heavy atom. The van der Waals surface area contributed by atoms with Crippen LogP contribution in [-0.2, 0) is 48.7 Å². The molecule has 16 rings (SSSR count). The second kappa shape index (κ2) is 18.5. The van der Waals surface area contributed by atoms with Gasteiger partial charge < -0.3 is 14.4 Å². The van der Waals surface area contributed by atoms with Gasteiger partial charge in [-0.3, -0.25) is 0 Å². The van der Waals surface area contributed by atoms with Crippen molar-refractivity contribution >= 4 is 99.8 Å². The summed E-state index contributed by atoms with van der Waals surface area (Å²) >= 11 is 2.10. The van der Waals surface area contributed by atoms with Crippen LogP contribution in [0.15, 0.2) is 140 Å². The number of benzene rings is 8. The van der Waals surface area contributed by atoms with Crippen molar-refractivity contribution in [2.75, 3.05) is 9.80 Å². The molecule has 2 aliphatic heterocycles. The minimum absolute atomic E-state index is 0.00149. The van der Waals surface area contributed by atoms with Crippen LogP contribution < -0.4 is 25.5 Å². The maximum Gasteiger partial charge on any atom is 0.264 e. The van der Waals surface area contributed by atoms with Crippen molar-refractivity contribution in [2.45, 2.75) is 225 Å². The fourth-order valence-electron chi connectivity index (χ4n) is 18.3. The summed E-state index contributed by atoms with van der Waals surface area (Å²) in [7, 11) is 0. The summed E-state index contributed by atoms with van der Waals surface area (Å²) in [4.78, 5) is 5.62. The van der Waals surface area contributed by atoms with E-state index >= 15 is 0 Å². The molecule has 90 heavy (non-hydrogen) atoms. The van der Waals surface area contributed by atoms with Gasteiger partial charge in [0.15, 0.2) is 0 Å². The van der Waals surface area contributed by atoms with E-state index < -0.39 is 0 Å². The average molecular weight is 1200 g/mol. The van der Waals surface area contributed by atoms with Crippen LogP contribution in [0.5, 0.6) is 0 Å². The molecular formula is C85H94BN3S. The van der Waals surface area contributed by atoms with Crippen LogP contribution in [0.1, 0.15) is 227 Å². The van der Waals surface area contributed by atoms with Crippen molar-refractivity contribution in [3.63, 3.8) is 0 Å². The molecule has 0 spiro atoms. The SMILES string of the molecule is CC(C)(C)c1ccc(N2c3cc(-n4c5cc(C(C)(C)C)ccc5c5ccc(C(C)(C)C)cc54)cc4c3B(c3cc5c(cc3N4c3ccc4c(c3)C(C)(C)CCC4(C)C)C(C)(C)CCC5(C)C)c3sc4cc5c(cc4c32)C2(C)CCC5(C)C2)c(-c2ccccc2)c1. The monoisotopic (exact) mass is 1200 g/mol. The molecule has 5 heteroatoms. The first-order valence-corrected chi connectivity index (χ1v) is 35.0. The van der Waals surface area contributed by atoms with Crippen LogP contribution in [0, 0.1) is 0 Å². The third kappa shape index (κ3) is 8.34. The average Bonchev–Trinajstić information content (AvgIpc) is 1.27. The number of aromatic nitrogens is 1. The molecule has 0 amide bonds. The van der Waals surface area contributed by atoms with E-state index in [1.165, 1.54) is 163 Å². The Balaban J connectivity index is 1.12. The summed E-state index contributed by atoms with van der Waals surface area (Å²) in [5, 5.41) is 3.98. The molecule has 1 saturated carbocycles. The lowest BCUT2D eigenvalue weighted by Crippen LogP contribution is -2.61. The number of hydrogen-bond donors (Lipinski definition) is 0. The van der Waals surface area contributed by atoms with E-state index in [9.17, 15) is 0 Å². The van der Waals surface area contributed by atoms with Gasteiger partial charge in [0.2, 0.25) is 0 Å². The van der Waals surface area contributed by atoms with Crippen LogP contribution in [0.25, 0.3) is 48.7 Å². The van der Waals surface area contributed by atoms with E-state index in [2.05, 4.69) is 297 Å². The maximum absolute atomic E-state index is 2.83. The number of hydrogen-bond acceptors (Lipinski definition) is 3. The molecule has 6 aliphatic rings. The van der Waals surface area contributed by atoms with Gasteiger partial charge in [0.1, 0.15) is 0 Å². The Morgan fingerprint density at radius 3 is 1.49 bits per heavy atom. The van der Waals surface area contributed by atoms with Crippen LogP contribution in [0.3, 0.4) is 0 Å². The smallest absolute Gasteiger partial charge is 0.264 e. The first-order valence-electron chi connectivity index (χ1n) is 34.2. The Morgan fingerprint density at radius 2 is 0.911 bits per heavy atom. The van der Waals surface area contributed by atoms with Gasteiger partial charge in [0.25, 0.3) is 6.71 Å². The summed E-state index contributed by atoms with van der Waals surface area (Å²) in [6.07, 6.45) is 8.37. The van der Waals surface area contributed by atoms with Crippen molar-refractivity contribution in [3.8, 4) is 16.8 Å². The van der Waals surface area contributed by atoms with E-state index in [0.717, 1.165) is 19.3 Å². The molecule has 10 aromatic rings. The molecule has 4 heterocycles. The third-order valence-electron chi connectivity index (χ3n) is 24.1. The summed E-state index contributed by atoms with van der Waals surface area (Å²) in [6, 6.07) is 57.6. The molecular weight excluding hydrogens is 1110 g/mol. The minimum Gasteiger partial charge on any atom is -0.311 e. The number of thiophene rings is 1. The Labute approximate surface area is 542 Å². The molecule has 8 aromatic carbocycles. The number of anilines is 6. The van der Waals surface area contributed by atoms with Crippen LogP contribution in [0.2, 0.25) is 0 Å². The van der Waals surface area contributed by atoms with E-state index in [0.29, 0.717) is 0 Å². The highest BCUT2D eigenvalue weighted by Crippen LogP contribution is 2.63. The van der Waals surface area contributed by atoms with Gasteiger partial charge in [-0.2, -0.15) is 0 Å². The molecule has 0 saturated heterocycles. The van der Waals surface area contributed by atoms with E-state index in [1.54, 1.807) is 11.1 Å². The van der Waals surface area contributed by atoms with Crippen LogP contribution in [-0.4, -0.2) is 11.3 Å². The number of rotatable bonds is 4. The fourth-order valence-corrected chi connectivity index (χ4v) is 19.6. The Bertz CT molecular complexity index is 4680. The van der Waals surface area contributed by atoms with Gasteiger partial charge in [0.05, 0.1) is 28.1 Å². The first kappa shape index (κ1) is 58.3. The normalized spacial score (nSPS) is 21.6. The summed E-state index contributed by atoms with van der Waals surface area (Å²) in [5.41, 5.74) is 30.1. The molecule has 3 nitrogen and oxygen atoms in total. The number of fused-ring (bicyclic) bond motifs is 16. The summed E-state index contributed by atoms with van der Waals surface area (Å²) in [6.45, 7) is 46.6. The molecule has 458 valence electrons. The fraction of sp³-hybridized carbons (Fsp3) is 0.412. The second-order valence-corrected chi connectivity index (χ2v) is 36.5. The zero-order valence-corrected chi connectivity index (χ0v) is 58.4. The minimum atomic E-state index is -0.0709. The topological polar surface area (TPSA) is 11.4 Å². The summed E-state index contributed by atoms with van der Waals surface area (Å²) < 4.78 is 5.56. The predicted molar refractivity (Wildman–Crippen MR) is 391 cm³/mol. The Hall–Kier alpha value is -6.82. The molecule has 0 N–H and O–H groups in total. The standard InChI is InChI=1S/C85H94BN3S/c1-77(2,3)51-27-32-67(58(39-51)50-23-21-20-22-24-50)89-72-44-55(88-68-40-52(78(4,5)6)25-29-56(68)57-30-26-53(41-69(57)88)79(7,8)9)43-71-74(72)86(76-75(89)59-45-64-65(48-73(59)90-76)85(19)38-37-84(64,18)49-85)66-46-62-63(83(16,17)36-35-82(62,14)15)47-70(66)87(71)54-28-31-60-61(42-54)81(12,13)34-33-80(60,10)11/h20-32,39-48H,33-38,49H2,1-19H3. The second-order valence-electron chi connectivity index (χ2n) is 35.4. The lowest BCUT2D eigenvalue weighted by atomic mass is 9.35. The van der Waals surface area contributed by atoms with Gasteiger partial charge in [-0.1, -0.05) is 204 Å². The summed E-state index contributed by atoms with van der Waals surface area (Å²) in [5.74, 6) is 0. The largest absolute Gasteiger partial charge is 0.311 e. The van der Waals surface area contributed by atoms with Crippen LogP contribution in [0.4, 0.5) is 34.1 Å². The molecule has 2 unspecified atom stereocenters. The molecule has 4 aliphatic carbocycles. The van der Waals surface area contributed by atoms with E-state index in [1.807, 2.05) is 0 Å². The molecule has 2 bridgehead atoms. The lowest BCUT2D eigenvalue weighted by Gasteiger charge is -2.47. The van der Waals surface area contributed by atoms with Crippen molar-refractivity contribution in [1.82, 2.24) is 4.57 Å². The highest BCUT2D eigenvalue weighted by molar-refractivity contribution is 7.33. The van der Waals surface area contributed by atoms with Gasteiger partial charge in [-0.15, -0.1) is 11.3 Å². The van der Waals surface area contributed by atoms with Crippen molar-refractivity contribution in [2.24, 2.45) is 0 Å². The molecule has 1 fully saturated rings. The molecule has 0 radical (unpaired) electrons. The third-order valence-corrected chi connectivity index (χ3v) is 25.3.